The average molecular weight is 356 g/mol. The number of hydrogen-bond donors (Lipinski definition) is 0. The Morgan fingerprint density at radius 2 is 1.81 bits per heavy atom. The minimum atomic E-state index is -0.0497. The molecule has 3 aromatic carbocycles. The highest BCUT2D eigenvalue weighted by Gasteiger charge is 2.06. The van der Waals surface area contributed by atoms with Crippen LogP contribution in [0, 0.1) is 12.3 Å². The zero-order valence-corrected chi connectivity index (χ0v) is 15.1. The Kier molecular flexibility index (Phi) is 5.91. The van der Waals surface area contributed by atoms with E-state index in [0.29, 0.717) is 23.7 Å². The maximum Gasteiger partial charge on any atom is 0.185 e. The second-order valence-corrected chi connectivity index (χ2v) is 5.89. The van der Waals surface area contributed by atoms with Crippen LogP contribution in [-0.4, -0.2) is 19.0 Å². The fourth-order valence-corrected chi connectivity index (χ4v) is 2.75. The highest BCUT2D eigenvalue weighted by atomic mass is 16.5. The van der Waals surface area contributed by atoms with E-state index in [0.717, 1.165) is 16.3 Å². The van der Waals surface area contributed by atoms with E-state index in [-0.39, 0.29) is 12.4 Å². The van der Waals surface area contributed by atoms with Crippen LogP contribution in [0.4, 0.5) is 0 Å². The number of terminal acetylenes is 1. The van der Waals surface area contributed by atoms with Crippen molar-refractivity contribution in [3.8, 4) is 23.8 Å². The molecule has 0 spiro atoms. The lowest BCUT2D eigenvalue weighted by Gasteiger charge is -2.10. The fourth-order valence-electron chi connectivity index (χ4n) is 2.75. The second kappa shape index (κ2) is 8.73. The number of hydrogen-bond acceptors (Lipinski definition) is 3. The molecule has 3 aromatic rings. The van der Waals surface area contributed by atoms with Crippen LogP contribution in [0.5, 0.6) is 11.5 Å². The quantitative estimate of drug-likeness (QED) is 0.334. The van der Waals surface area contributed by atoms with Gasteiger partial charge in [0, 0.05) is 5.56 Å². The summed E-state index contributed by atoms with van der Waals surface area (Å²) in [6, 6.07) is 19.2. The maximum atomic E-state index is 12.5. The second-order valence-electron chi connectivity index (χ2n) is 5.89. The molecule has 3 rings (SSSR count). The first-order chi connectivity index (χ1) is 13.2. The molecule has 0 radical (unpaired) electrons. The SMILES string of the molecule is C#CCOc1ccc(/C=C/C(=O)c2ccc3ccccc3c2)cc1OCC. The Balaban J connectivity index is 1.80. The van der Waals surface area contributed by atoms with Crippen LogP contribution >= 0.6 is 0 Å². The van der Waals surface area contributed by atoms with Crippen molar-refractivity contribution >= 4 is 22.6 Å². The van der Waals surface area contributed by atoms with Crippen LogP contribution in [0.25, 0.3) is 16.8 Å². The smallest absolute Gasteiger partial charge is 0.185 e. The molecular weight excluding hydrogens is 336 g/mol. The molecule has 0 fully saturated rings. The van der Waals surface area contributed by atoms with Crippen LogP contribution < -0.4 is 9.47 Å². The van der Waals surface area contributed by atoms with Crippen LogP contribution in [0.1, 0.15) is 22.8 Å². The molecule has 0 amide bonds. The van der Waals surface area contributed by atoms with Gasteiger partial charge in [-0.3, -0.25) is 4.79 Å². The van der Waals surface area contributed by atoms with Crippen molar-refractivity contribution in [1.29, 1.82) is 0 Å². The molecule has 0 atom stereocenters. The van der Waals surface area contributed by atoms with Gasteiger partial charge in [-0.1, -0.05) is 54.5 Å². The number of benzene rings is 3. The molecule has 0 aliphatic carbocycles. The zero-order chi connectivity index (χ0) is 19.1. The number of allylic oxidation sites excluding steroid dienone is 1. The maximum absolute atomic E-state index is 12.5. The molecule has 0 unspecified atom stereocenters. The van der Waals surface area contributed by atoms with Crippen LogP contribution in [0.3, 0.4) is 0 Å². The Bertz CT molecular complexity index is 1030. The lowest BCUT2D eigenvalue weighted by Crippen LogP contribution is -1.99. The Hall–Kier alpha value is -3.51. The highest BCUT2D eigenvalue weighted by Crippen LogP contribution is 2.29. The third kappa shape index (κ3) is 4.56. The zero-order valence-electron chi connectivity index (χ0n) is 15.1. The predicted molar refractivity (Wildman–Crippen MR) is 109 cm³/mol. The lowest BCUT2D eigenvalue weighted by molar-refractivity contribution is 0.104. The molecule has 0 saturated carbocycles. The van der Waals surface area contributed by atoms with E-state index in [1.54, 1.807) is 18.2 Å². The molecule has 0 heterocycles. The molecule has 0 saturated heterocycles. The summed E-state index contributed by atoms with van der Waals surface area (Å²) >= 11 is 0. The minimum Gasteiger partial charge on any atom is -0.490 e. The summed E-state index contributed by atoms with van der Waals surface area (Å²) in [4.78, 5) is 12.5. The number of ether oxygens (including phenoxy) is 2. The third-order valence-corrected chi connectivity index (χ3v) is 4.04. The fraction of sp³-hybridized carbons (Fsp3) is 0.125. The molecule has 0 aromatic heterocycles. The molecule has 3 heteroatoms. The summed E-state index contributed by atoms with van der Waals surface area (Å²) in [5.74, 6) is 3.58. The molecular formula is C24H20O3. The van der Waals surface area contributed by atoms with Crippen molar-refractivity contribution in [2.45, 2.75) is 6.92 Å². The molecule has 0 aliphatic rings. The number of carbonyl (C=O) groups excluding carboxylic acids is 1. The summed E-state index contributed by atoms with van der Waals surface area (Å²) in [5.41, 5.74) is 1.50. The summed E-state index contributed by atoms with van der Waals surface area (Å²) in [6.07, 6.45) is 8.57. The van der Waals surface area contributed by atoms with Gasteiger partial charge in [0.25, 0.3) is 0 Å². The molecule has 0 bridgehead atoms. The van der Waals surface area contributed by atoms with Gasteiger partial charge in [0.15, 0.2) is 17.3 Å². The van der Waals surface area contributed by atoms with E-state index in [4.69, 9.17) is 15.9 Å². The highest BCUT2D eigenvalue weighted by molar-refractivity contribution is 6.08. The minimum absolute atomic E-state index is 0.0497. The van der Waals surface area contributed by atoms with E-state index >= 15 is 0 Å². The predicted octanol–water partition coefficient (Wildman–Crippen LogP) is 5.15. The molecule has 3 nitrogen and oxygen atoms in total. The van der Waals surface area contributed by atoms with Crippen molar-refractivity contribution in [2.75, 3.05) is 13.2 Å². The van der Waals surface area contributed by atoms with Crippen molar-refractivity contribution in [3.63, 3.8) is 0 Å². The standard InChI is InChI=1S/C24H20O3/c1-3-15-27-23-14-10-18(16-24(23)26-4-2)9-13-22(25)21-12-11-19-7-5-6-8-20(19)17-21/h1,5-14,16-17H,4,15H2,2H3/b13-9+. The van der Waals surface area contributed by atoms with Crippen LogP contribution in [0.15, 0.2) is 66.7 Å². The van der Waals surface area contributed by atoms with E-state index in [2.05, 4.69) is 5.92 Å². The van der Waals surface area contributed by atoms with E-state index in [1.807, 2.05) is 61.5 Å². The van der Waals surface area contributed by atoms with Gasteiger partial charge in [-0.25, -0.2) is 0 Å². The molecule has 27 heavy (non-hydrogen) atoms. The van der Waals surface area contributed by atoms with Gasteiger partial charge in [0.1, 0.15) is 6.61 Å². The number of carbonyl (C=O) groups is 1. The summed E-state index contributed by atoms with van der Waals surface area (Å²) in [5, 5.41) is 2.16. The number of rotatable bonds is 7. The van der Waals surface area contributed by atoms with Crippen molar-refractivity contribution in [1.82, 2.24) is 0 Å². The first kappa shape index (κ1) is 18.3. The summed E-state index contributed by atoms with van der Waals surface area (Å²) < 4.78 is 11.1. The van der Waals surface area contributed by atoms with Crippen molar-refractivity contribution in [3.05, 3.63) is 77.9 Å². The van der Waals surface area contributed by atoms with Gasteiger partial charge in [0.2, 0.25) is 0 Å². The first-order valence-electron chi connectivity index (χ1n) is 8.75. The molecule has 134 valence electrons. The first-order valence-corrected chi connectivity index (χ1v) is 8.75. The molecule has 0 N–H and O–H groups in total. The van der Waals surface area contributed by atoms with Crippen LogP contribution in [-0.2, 0) is 0 Å². The Morgan fingerprint density at radius 1 is 1.00 bits per heavy atom. The van der Waals surface area contributed by atoms with Crippen molar-refractivity contribution < 1.29 is 14.3 Å². The van der Waals surface area contributed by atoms with Gasteiger partial charge in [0.05, 0.1) is 6.61 Å². The Labute approximate surface area is 159 Å². The number of ketones is 1. The lowest BCUT2D eigenvalue weighted by atomic mass is 10.0. The van der Waals surface area contributed by atoms with Crippen LogP contribution in [0.2, 0.25) is 0 Å². The monoisotopic (exact) mass is 356 g/mol. The third-order valence-electron chi connectivity index (χ3n) is 4.04. The van der Waals surface area contributed by atoms with Gasteiger partial charge in [-0.05, 0) is 47.5 Å². The normalized spacial score (nSPS) is 10.7. The largest absolute Gasteiger partial charge is 0.490 e. The average Bonchev–Trinajstić information content (AvgIpc) is 2.71. The van der Waals surface area contributed by atoms with E-state index < -0.39 is 0 Å². The van der Waals surface area contributed by atoms with Gasteiger partial charge in [-0.15, -0.1) is 6.42 Å². The summed E-state index contributed by atoms with van der Waals surface area (Å²) in [6.45, 7) is 2.59. The van der Waals surface area contributed by atoms with Gasteiger partial charge < -0.3 is 9.47 Å². The Morgan fingerprint density at radius 3 is 2.59 bits per heavy atom. The topological polar surface area (TPSA) is 35.5 Å². The van der Waals surface area contributed by atoms with Gasteiger partial charge >= 0.3 is 0 Å². The summed E-state index contributed by atoms with van der Waals surface area (Å²) in [7, 11) is 0. The van der Waals surface area contributed by atoms with E-state index in [1.165, 1.54) is 0 Å². The van der Waals surface area contributed by atoms with Gasteiger partial charge in [-0.2, -0.15) is 0 Å². The number of fused-ring (bicyclic) bond motifs is 1. The van der Waals surface area contributed by atoms with E-state index in [9.17, 15) is 4.79 Å². The van der Waals surface area contributed by atoms with Crippen molar-refractivity contribution in [2.24, 2.45) is 0 Å². The molecule has 0 aliphatic heterocycles.